The smallest absolute Gasteiger partial charge is 0.264 e. The summed E-state index contributed by atoms with van der Waals surface area (Å²) in [7, 11) is 0. The first-order chi connectivity index (χ1) is 16.9. The Morgan fingerprint density at radius 3 is 2.46 bits per heavy atom. The van der Waals surface area contributed by atoms with Crippen LogP contribution in [-0.4, -0.2) is 54.6 Å². The monoisotopic (exact) mass is 572 g/mol. The van der Waals surface area contributed by atoms with Gasteiger partial charge in [-0.2, -0.15) is 0 Å². The summed E-state index contributed by atoms with van der Waals surface area (Å²) >= 11 is 10.2. The average Bonchev–Trinajstić information content (AvgIpc) is 3.40. The van der Waals surface area contributed by atoms with Crippen molar-refractivity contribution in [3.63, 3.8) is 0 Å². The zero-order valence-corrected chi connectivity index (χ0v) is 22.3. The highest BCUT2D eigenvalue weighted by molar-refractivity contribution is 9.10. The van der Waals surface area contributed by atoms with Gasteiger partial charge in [-0.1, -0.05) is 6.07 Å². The molecule has 2 amide bonds. The lowest BCUT2D eigenvalue weighted by atomic mass is 10.2. The fraction of sp³-hybridized carbons (Fsp3) is 0.240. The van der Waals surface area contributed by atoms with E-state index in [0.29, 0.717) is 35.5 Å². The Labute approximate surface area is 222 Å². The van der Waals surface area contributed by atoms with E-state index in [1.807, 2.05) is 53.6 Å². The molecular weight excluding hydrogens is 548 g/mol. The number of carbonyl (C=O) groups is 2. The predicted octanol–water partition coefficient (Wildman–Crippen LogP) is 5.00. The lowest BCUT2D eigenvalue weighted by molar-refractivity contribution is 0.0751. The first kappa shape index (κ1) is 25.2. The van der Waals surface area contributed by atoms with Crippen molar-refractivity contribution in [1.82, 2.24) is 10.2 Å². The van der Waals surface area contributed by atoms with Gasteiger partial charge in [0.05, 0.1) is 16.0 Å². The second kappa shape index (κ2) is 11.7. The molecule has 3 aromatic rings. The van der Waals surface area contributed by atoms with Crippen LogP contribution in [0, 0.1) is 0 Å². The maximum atomic E-state index is 12.5. The van der Waals surface area contributed by atoms with Gasteiger partial charge < -0.3 is 19.9 Å². The summed E-state index contributed by atoms with van der Waals surface area (Å²) < 4.78 is 6.19. The summed E-state index contributed by atoms with van der Waals surface area (Å²) in [5.74, 6) is 0.477. The molecule has 182 valence electrons. The number of nitrogens with one attached hydrogen (secondary N) is 2. The molecular formula is C25H25BrN4O3S2. The lowest BCUT2D eigenvalue weighted by Crippen LogP contribution is -2.48. The van der Waals surface area contributed by atoms with Crippen LogP contribution in [0.15, 0.2) is 64.5 Å². The van der Waals surface area contributed by atoms with Crippen molar-refractivity contribution in [2.24, 2.45) is 0 Å². The molecule has 0 aliphatic carbocycles. The van der Waals surface area contributed by atoms with E-state index in [1.54, 1.807) is 18.2 Å². The molecule has 1 aliphatic rings. The van der Waals surface area contributed by atoms with Crippen LogP contribution < -0.4 is 20.3 Å². The third kappa shape index (κ3) is 6.39. The van der Waals surface area contributed by atoms with Crippen LogP contribution in [0.1, 0.15) is 27.0 Å². The molecule has 2 heterocycles. The molecule has 0 radical (unpaired) electrons. The van der Waals surface area contributed by atoms with Crippen LogP contribution in [0.4, 0.5) is 11.4 Å². The fourth-order valence-electron chi connectivity index (χ4n) is 3.73. The van der Waals surface area contributed by atoms with Gasteiger partial charge in [-0.25, -0.2) is 0 Å². The maximum Gasteiger partial charge on any atom is 0.264 e. The molecule has 0 bridgehead atoms. The van der Waals surface area contributed by atoms with E-state index in [2.05, 4.69) is 31.5 Å². The van der Waals surface area contributed by atoms with E-state index in [4.69, 9.17) is 17.0 Å². The number of piperazine rings is 1. The molecule has 10 heteroatoms. The molecule has 0 saturated carbocycles. The average molecular weight is 574 g/mol. The lowest BCUT2D eigenvalue weighted by Gasteiger charge is -2.36. The topological polar surface area (TPSA) is 73.9 Å². The van der Waals surface area contributed by atoms with Gasteiger partial charge >= 0.3 is 0 Å². The van der Waals surface area contributed by atoms with Gasteiger partial charge in [0.1, 0.15) is 5.75 Å². The number of rotatable bonds is 6. The summed E-state index contributed by atoms with van der Waals surface area (Å²) in [4.78, 5) is 30.0. The van der Waals surface area contributed by atoms with E-state index in [0.717, 1.165) is 29.3 Å². The van der Waals surface area contributed by atoms with Gasteiger partial charge in [-0.3, -0.25) is 14.9 Å². The molecule has 1 fully saturated rings. The number of thiophene rings is 1. The van der Waals surface area contributed by atoms with Crippen molar-refractivity contribution in [2.75, 3.05) is 43.0 Å². The van der Waals surface area contributed by atoms with Gasteiger partial charge in [0.2, 0.25) is 0 Å². The highest BCUT2D eigenvalue weighted by Crippen LogP contribution is 2.26. The summed E-state index contributed by atoms with van der Waals surface area (Å²) in [5, 5.41) is 7.89. The van der Waals surface area contributed by atoms with Crippen LogP contribution >= 0.6 is 39.5 Å². The Morgan fingerprint density at radius 2 is 1.83 bits per heavy atom. The number of ether oxygens (including phenoxy) is 1. The van der Waals surface area contributed by atoms with Crippen LogP contribution in [0.2, 0.25) is 0 Å². The minimum absolute atomic E-state index is 0.104. The normalized spacial score (nSPS) is 13.3. The Balaban J connectivity index is 1.27. The van der Waals surface area contributed by atoms with E-state index >= 15 is 0 Å². The number of carbonyl (C=O) groups excluding carboxylic acids is 2. The molecule has 4 rings (SSSR count). The third-order valence-corrected chi connectivity index (χ3v) is 7.19. The molecule has 2 N–H and O–H groups in total. The van der Waals surface area contributed by atoms with Crippen molar-refractivity contribution in [3.8, 4) is 5.75 Å². The molecule has 35 heavy (non-hydrogen) atoms. The third-order valence-electron chi connectivity index (χ3n) is 5.51. The molecule has 0 unspecified atom stereocenters. The van der Waals surface area contributed by atoms with Crippen LogP contribution in [0.3, 0.4) is 0 Å². The Bertz CT molecular complexity index is 1190. The zero-order valence-electron chi connectivity index (χ0n) is 19.1. The van der Waals surface area contributed by atoms with Gasteiger partial charge in [0.25, 0.3) is 11.8 Å². The fourth-order valence-corrected chi connectivity index (χ4v) is 5.13. The number of benzene rings is 2. The maximum absolute atomic E-state index is 12.5. The summed E-state index contributed by atoms with van der Waals surface area (Å²) in [6, 6.07) is 16.8. The number of halogens is 1. The Hall–Kier alpha value is -2.95. The van der Waals surface area contributed by atoms with Crippen molar-refractivity contribution in [3.05, 3.63) is 74.9 Å². The highest BCUT2D eigenvalue weighted by Gasteiger charge is 2.22. The predicted molar refractivity (Wildman–Crippen MR) is 148 cm³/mol. The highest BCUT2D eigenvalue weighted by atomic mass is 79.9. The van der Waals surface area contributed by atoms with Crippen molar-refractivity contribution >= 4 is 67.8 Å². The molecule has 0 atom stereocenters. The number of hydrogen-bond donors (Lipinski definition) is 2. The van der Waals surface area contributed by atoms with Gasteiger partial charge in [0.15, 0.2) is 5.11 Å². The van der Waals surface area contributed by atoms with Crippen LogP contribution in [-0.2, 0) is 0 Å². The number of anilines is 2. The molecule has 1 saturated heterocycles. The minimum Gasteiger partial charge on any atom is -0.493 e. The molecule has 2 aromatic carbocycles. The van der Waals surface area contributed by atoms with Crippen LogP contribution in [0.5, 0.6) is 5.75 Å². The molecule has 1 aromatic heterocycles. The second-order valence-corrected chi connectivity index (χ2v) is 10.0. The Kier molecular flexibility index (Phi) is 8.37. The zero-order chi connectivity index (χ0) is 24.8. The number of thiocarbonyl (C=S) groups is 1. The summed E-state index contributed by atoms with van der Waals surface area (Å²) in [6.45, 7) is 5.37. The van der Waals surface area contributed by atoms with Crippen molar-refractivity contribution < 1.29 is 14.3 Å². The quantitative estimate of drug-likeness (QED) is 0.405. The number of nitrogens with zero attached hydrogens (tertiary/aromatic N) is 2. The number of amides is 2. The SMILES string of the molecule is CCOc1ccc(C(=O)NC(=S)Nc2ccc(N3CCN(C(=O)c4cccs4)CC3)cc2)cc1Br. The second-order valence-electron chi connectivity index (χ2n) is 7.79. The summed E-state index contributed by atoms with van der Waals surface area (Å²) in [6.07, 6.45) is 0. The standard InChI is InChI=1S/C25H25BrN4O3S2/c1-2-33-21-10-5-17(16-20(21)26)23(31)28-25(34)27-18-6-8-19(9-7-18)29-11-13-30(14-12-29)24(32)22-4-3-15-35-22/h3-10,15-16H,2,11-14H2,1H3,(H2,27,28,31,34). The largest absolute Gasteiger partial charge is 0.493 e. The van der Waals surface area contributed by atoms with Crippen molar-refractivity contribution in [1.29, 1.82) is 0 Å². The Morgan fingerprint density at radius 1 is 1.09 bits per heavy atom. The first-order valence-corrected chi connectivity index (χ1v) is 13.2. The molecule has 0 spiro atoms. The van der Waals surface area contributed by atoms with E-state index in [1.165, 1.54) is 11.3 Å². The van der Waals surface area contributed by atoms with Gasteiger partial charge in [-0.05, 0) is 89.0 Å². The molecule has 1 aliphatic heterocycles. The van der Waals surface area contributed by atoms with E-state index < -0.39 is 0 Å². The molecule has 7 nitrogen and oxygen atoms in total. The van der Waals surface area contributed by atoms with E-state index in [9.17, 15) is 9.59 Å². The summed E-state index contributed by atoms with van der Waals surface area (Å²) in [5.41, 5.74) is 2.32. The van der Waals surface area contributed by atoms with Gasteiger partial charge in [-0.15, -0.1) is 11.3 Å². The van der Waals surface area contributed by atoms with Crippen LogP contribution in [0.25, 0.3) is 0 Å². The number of hydrogen-bond acceptors (Lipinski definition) is 6. The van der Waals surface area contributed by atoms with Crippen molar-refractivity contribution in [2.45, 2.75) is 6.92 Å². The van der Waals surface area contributed by atoms with Gasteiger partial charge in [0, 0.05) is 43.1 Å². The first-order valence-electron chi connectivity index (χ1n) is 11.2. The minimum atomic E-state index is -0.308. The van der Waals surface area contributed by atoms with E-state index in [-0.39, 0.29) is 16.9 Å².